The summed E-state index contributed by atoms with van der Waals surface area (Å²) in [4.78, 5) is 36.9. The van der Waals surface area contributed by atoms with Gasteiger partial charge in [0.25, 0.3) is 11.5 Å². The molecule has 0 aromatic carbocycles. The Morgan fingerprint density at radius 1 is 1.32 bits per heavy atom. The molecule has 1 fully saturated rings. The number of carbonyl (C=O) groups excluding carboxylic acids is 1. The van der Waals surface area contributed by atoms with Gasteiger partial charge in [0.15, 0.2) is 0 Å². The van der Waals surface area contributed by atoms with E-state index in [1.165, 1.54) is 12.3 Å². The number of rotatable bonds is 3. The van der Waals surface area contributed by atoms with Crippen LogP contribution in [-0.2, 0) is 0 Å². The Morgan fingerprint density at radius 2 is 2.14 bits per heavy atom. The maximum absolute atomic E-state index is 12.2. The van der Waals surface area contributed by atoms with E-state index >= 15 is 0 Å². The molecule has 2 aromatic heterocycles. The second-order valence-corrected chi connectivity index (χ2v) is 5.22. The highest BCUT2D eigenvalue weighted by atomic mass is 16.2. The van der Waals surface area contributed by atoms with Crippen molar-refractivity contribution in [2.24, 2.45) is 0 Å². The first-order valence-electron chi connectivity index (χ1n) is 7.24. The van der Waals surface area contributed by atoms with Gasteiger partial charge in [-0.15, -0.1) is 0 Å². The van der Waals surface area contributed by atoms with E-state index in [2.05, 4.69) is 20.3 Å². The first-order valence-corrected chi connectivity index (χ1v) is 7.24. The van der Waals surface area contributed by atoms with Crippen LogP contribution in [-0.4, -0.2) is 40.0 Å². The summed E-state index contributed by atoms with van der Waals surface area (Å²) in [6.07, 6.45) is 6.73. The zero-order chi connectivity index (χ0) is 15.4. The van der Waals surface area contributed by atoms with Crippen molar-refractivity contribution in [1.82, 2.24) is 20.3 Å². The molecule has 0 bridgehead atoms. The summed E-state index contributed by atoms with van der Waals surface area (Å²) < 4.78 is 0. The Bertz CT molecular complexity index is 700. The second-order valence-electron chi connectivity index (χ2n) is 5.22. The largest absolute Gasteiger partial charge is 0.347 e. The highest BCUT2D eigenvalue weighted by Gasteiger charge is 2.23. The number of nitrogens with zero attached hydrogens (tertiary/aromatic N) is 3. The van der Waals surface area contributed by atoms with Crippen molar-refractivity contribution < 1.29 is 4.79 Å². The molecule has 1 atom stereocenters. The smallest absolute Gasteiger partial charge is 0.260 e. The average Bonchev–Trinajstić information content (AvgIpc) is 2.56. The van der Waals surface area contributed by atoms with E-state index < -0.39 is 0 Å². The summed E-state index contributed by atoms with van der Waals surface area (Å²) in [5.74, 6) is 0.321. The van der Waals surface area contributed by atoms with E-state index in [0.717, 1.165) is 19.4 Å². The van der Waals surface area contributed by atoms with Crippen molar-refractivity contribution in [3.63, 3.8) is 0 Å². The quantitative estimate of drug-likeness (QED) is 0.864. The maximum atomic E-state index is 12.2. The Kier molecular flexibility index (Phi) is 4.13. The van der Waals surface area contributed by atoms with E-state index in [-0.39, 0.29) is 23.1 Å². The molecule has 1 aliphatic heterocycles. The van der Waals surface area contributed by atoms with Crippen molar-refractivity contribution in [2.45, 2.75) is 18.9 Å². The van der Waals surface area contributed by atoms with Crippen LogP contribution in [0.3, 0.4) is 0 Å². The SMILES string of the molecule is O=C(NC1CCCN(c2ncccn2)C1)c1ccc[nH]c1=O. The van der Waals surface area contributed by atoms with E-state index in [9.17, 15) is 9.59 Å². The minimum absolute atomic E-state index is 0.0235. The third kappa shape index (κ3) is 3.13. The molecule has 1 saturated heterocycles. The third-order valence-corrected chi connectivity index (χ3v) is 3.65. The number of amides is 1. The Morgan fingerprint density at radius 3 is 2.91 bits per heavy atom. The lowest BCUT2D eigenvalue weighted by atomic mass is 10.1. The lowest BCUT2D eigenvalue weighted by Crippen LogP contribution is -2.49. The summed E-state index contributed by atoms with van der Waals surface area (Å²) in [7, 11) is 0. The molecule has 22 heavy (non-hydrogen) atoms. The number of pyridine rings is 1. The third-order valence-electron chi connectivity index (χ3n) is 3.65. The number of carbonyl (C=O) groups is 1. The number of H-pyrrole nitrogens is 1. The highest BCUT2D eigenvalue weighted by molar-refractivity contribution is 5.93. The van der Waals surface area contributed by atoms with Crippen molar-refractivity contribution in [2.75, 3.05) is 18.0 Å². The first kappa shape index (κ1) is 14.2. The molecule has 1 aliphatic rings. The fraction of sp³-hybridized carbons (Fsp3) is 0.333. The number of hydrogen-bond donors (Lipinski definition) is 2. The molecule has 114 valence electrons. The molecule has 0 saturated carbocycles. The summed E-state index contributed by atoms with van der Waals surface area (Å²) in [5, 5.41) is 2.92. The fourth-order valence-electron chi connectivity index (χ4n) is 2.59. The predicted molar refractivity (Wildman–Crippen MR) is 81.8 cm³/mol. The van der Waals surface area contributed by atoms with Crippen molar-refractivity contribution in [1.29, 1.82) is 0 Å². The lowest BCUT2D eigenvalue weighted by Gasteiger charge is -2.33. The van der Waals surface area contributed by atoms with Gasteiger partial charge in [-0.05, 0) is 31.0 Å². The monoisotopic (exact) mass is 299 g/mol. The van der Waals surface area contributed by atoms with Crippen molar-refractivity contribution in [3.05, 3.63) is 52.7 Å². The Labute approximate surface area is 127 Å². The van der Waals surface area contributed by atoms with Gasteiger partial charge in [-0.1, -0.05) is 0 Å². The van der Waals surface area contributed by atoms with Crippen LogP contribution in [0.2, 0.25) is 0 Å². The molecule has 1 unspecified atom stereocenters. The zero-order valence-corrected chi connectivity index (χ0v) is 12.0. The molecule has 7 nitrogen and oxygen atoms in total. The molecular weight excluding hydrogens is 282 g/mol. The summed E-state index contributed by atoms with van der Waals surface area (Å²) in [6.45, 7) is 1.50. The van der Waals surface area contributed by atoms with E-state index in [1.54, 1.807) is 24.5 Å². The van der Waals surface area contributed by atoms with Gasteiger partial charge in [-0.25, -0.2) is 9.97 Å². The number of piperidine rings is 1. The van der Waals surface area contributed by atoms with Crippen LogP contribution in [0.5, 0.6) is 0 Å². The van der Waals surface area contributed by atoms with Gasteiger partial charge in [0, 0.05) is 37.7 Å². The van der Waals surface area contributed by atoms with Crippen LogP contribution < -0.4 is 15.8 Å². The van der Waals surface area contributed by atoms with Gasteiger partial charge < -0.3 is 15.2 Å². The molecule has 2 N–H and O–H groups in total. The van der Waals surface area contributed by atoms with E-state index in [0.29, 0.717) is 12.5 Å². The number of aromatic amines is 1. The van der Waals surface area contributed by atoms with Crippen molar-refractivity contribution >= 4 is 11.9 Å². The Balaban J connectivity index is 1.67. The zero-order valence-electron chi connectivity index (χ0n) is 12.0. The molecule has 1 amide bonds. The average molecular weight is 299 g/mol. The summed E-state index contributed by atoms with van der Waals surface area (Å²) >= 11 is 0. The van der Waals surface area contributed by atoms with E-state index in [1.807, 2.05) is 4.90 Å². The van der Waals surface area contributed by atoms with Crippen molar-refractivity contribution in [3.8, 4) is 0 Å². The molecule has 0 radical (unpaired) electrons. The number of aromatic nitrogens is 3. The normalized spacial score (nSPS) is 18.0. The fourth-order valence-corrected chi connectivity index (χ4v) is 2.59. The lowest BCUT2D eigenvalue weighted by molar-refractivity contribution is 0.0931. The molecule has 0 aliphatic carbocycles. The molecular formula is C15H17N5O2. The minimum Gasteiger partial charge on any atom is -0.347 e. The van der Waals surface area contributed by atoms with Crippen LogP contribution in [0, 0.1) is 0 Å². The number of anilines is 1. The molecule has 3 heterocycles. The standard InChI is InChI=1S/C15H17N5O2/c21-13-12(5-1-6-16-13)14(22)19-11-4-2-9-20(10-11)15-17-7-3-8-18-15/h1,3,5-8,11H,2,4,9-10H2,(H,16,21)(H,19,22). The topological polar surface area (TPSA) is 91.0 Å². The minimum atomic E-state index is -0.376. The van der Waals surface area contributed by atoms with Crippen LogP contribution >= 0.6 is 0 Å². The summed E-state index contributed by atoms with van der Waals surface area (Å²) in [5.41, 5.74) is -0.241. The van der Waals surface area contributed by atoms with Crippen LogP contribution in [0.25, 0.3) is 0 Å². The first-order chi connectivity index (χ1) is 10.7. The van der Waals surface area contributed by atoms with Gasteiger partial charge in [0.2, 0.25) is 5.95 Å². The van der Waals surface area contributed by atoms with Gasteiger partial charge in [-0.3, -0.25) is 9.59 Å². The molecule has 2 aromatic rings. The number of nitrogens with one attached hydrogen (secondary N) is 2. The van der Waals surface area contributed by atoms with Crippen LogP contribution in [0.4, 0.5) is 5.95 Å². The maximum Gasteiger partial charge on any atom is 0.260 e. The second kappa shape index (κ2) is 6.38. The molecule has 7 heteroatoms. The highest BCUT2D eigenvalue weighted by Crippen LogP contribution is 2.15. The van der Waals surface area contributed by atoms with Gasteiger partial charge in [-0.2, -0.15) is 0 Å². The van der Waals surface area contributed by atoms with Gasteiger partial charge >= 0.3 is 0 Å². The summed E-state index contributed by atoms with van der Waals surface area (Å²) in [6, 6.07) is 4.91. The van der Waals surface area contributed by atoms with Crippen LogP contribution in [0.1, 0.15) is 23.2 Å². The molecule has 0 spiro atoms. The van der Waals surface area contributed by atoms with Gasteiger partial charge in [0.05, 0.1) is 0 Å². The Hall–Kier alpha value is -2.70. The van der Waals surface area contributed by atoms with E-state index in [4.69, 9.17) is 0 Å². The van der Waals surface area contributed by atoms with Crippen LogP contribution in [0.15, 0.2) is 41.6 Å². The molecule has 3 rings (SSSR count). The number of hydrogen-bond acceptors (Lipinski definition) is 5. The predicted octanol–water partition coefficient (Wildman–Crippen LogP) is 0.564. The van der Waals surface area contributed by atoms with Gasteiger partial charge in [0.1, 0.15) is 5.56 Å².